The fourth-order valence-electron chi connectivity index (χ4n) is 3.55. The molecule has 0 unspecified atom stereocenters. The standard InChI is InChI=1S/C25H22ClF3N4O4/c1-14(32-23(35)24(7-8-24)33-22(34)15-9-16(26)12-30-11-15)20-5-3-18(13-31-20)37-21-6-4-17(36-2)10-19(21)25(27,28)29/h3-6,9-14H,7-8H2,1-2H3,(H,32,35)(H,33,34)/t14-/m1/s1. The number of hydrogen-bond donors (Lipinski definition) is 2. The van der Waals surface area contributed by atoms with Crippen LogP contribution in [0.25, 0.3) is 0 Å². The molecule has 194 valence electrons. The van der Waals surface area contributed by atoms with Crippen molar-refractivity contribution >= 4 is 23.4 Å². The van der Waals surface area contributed by atoms with Crippen LogP contribution in [0.2, 0.25) is 5.02 Å². The number of pyridine rings is 2. The summed E-state index contributed by atoms with van der Waals surface area (Å²) in [5.41, 5.74) is -1.34. The van der Waals surface area contributed by atoms with Crippen molar-refractivity contribution in [2.45, 2.75) is 37.5 Å². The molecule has 2 amide bonds. The van der Waals surface area contributed by atoms with Crippen LogP contribution in [-0.2, 0) is 11.0 Å². The Labute approximate surface area is 215 Å². The van der Waals surface area contributed by atoms with E-state index >= 15 is 0 Å². The summed E-state index contributed by atoms with van der Waals surface area (Å²) >= 11 is 5.88. The number of ether oxygens (including phenoxy) is 2. The highest BCUT2D eigenvalue weighted by atomic mass is 35.5. The zero-order valence-electron chi connectivity index (χ0n) is 19.7. The van der Waals surface area contributed by atoms with E-state index < -0.39 is 35.0 Å². The third kappa shape index (κ3) is 6.11. The van der Waals surface area contributed by atoms with E-state index in [1.165, 1.54) is 56.0 Å². The second-order valence-corrected chi connectivity index (χ2v) is 8.94. The first-order valence-electron chi connectivity index (χ1n) is 11.1. The smallest absolute Gasteiger partial charge is 0.420 e. The minimum Gasteiger partial charge on any atom is -0.497 e. The Morgan fingerprint density at radius 3 is 2.41 bits per heavy atom. The van der Waals surface area contributed by atoms with Gasteiger partial charge in [0.25, 0.3) is 5.91 Å². The summed E-state index contributed by atoms with van der Waals surface area (Å²) in [7, 11) is 1.27. The predicted octanol–water partition coefficient (Wildman–Crippen LogP) is 5.09. The fraction of sp³-hybridized carbons (Fsp3) is 0.280. The van der Waals surface area contributed by atoms with Crippen LogP contribution < -0.4 is 20.1 Å². The minimum absolute atomic E-state index is 0.0478. The van der Waals surface area contributed by atoms with E-state index in [-0.39, 0.29) is 23.0 Å². The molecular formula is C25H22ClF3N4O4. The van der Waals surface area contributed by atoms with Gasteiger partial charge in [0.1, 0.15) is 28.4 Å². The van der Waals surface area contributed by atoms with Crippen LogP contribution in [0.5, 0.6) is 17.2 Å². The van der Waals surface area contributed by atoms with Crippen LogP contribution >= 0.6 is 11.6 Å². The molecule has 0 bridgehead atoms. The number of carbonyl (C=O) groups is 2. The molecule has 1 saturated carbocycles. The number of aromatic nitrogens is 2. The Balaban J connectivity index is 1.40. The van der Waals surface area contributed by atoms with Crippen LogP contribution in [0.4, 0.5) is 13.2 Å². The van der Waals surface area contributed by atoms with Gasteiger partial charge in [-0.05, 0) is 56.2 Å². The molecule has 0 saturated heterocycles. The number of benzene rings is 1. The Bertz CT molecular complexity index is 1310. The fourth-order valence-corrected chi connectivity index (χ4v) is 3.72. The average molecular weight is 535 g/mol. The first-order valence-corrected chi connectivity index (χ1v) is 11.5. The molecular weight excluding hydrogens is 513 g/mol. The quantitative estimate of drug-likeness (QED) is 0.417. The molecule has 12 heteroatoms. The van der Waals surface area contributed by atoms with Crippen molar-refractivity contribution in [1.82, 2.24) is 20.6 Å². The predicted molar refractivity (Wildman–Crippen MR) is 128 cm³/mol. The molecule has 0 radical (unpaired) electrons. The maximum atomic E-state index is 13.4. The summed E-state index contributed by atoms with van der Waals surface area (Å²) in [6, 6.07) is 7.28. The molecule has 1 aliphatic rings. The van der Waals surface area contributed by atoms with Gasteiger partial charge in [0.05, 0.1) is 35.6 Å². The van der Waals surface area contributed by atoms with Gasteiger partial charge in [-0.1, -0.05) is 11.6 Å². The maximum Gasteiger partial charge on any atom is 0.420 e. The number of nitrogens with one attached hydrogen (secondary N) is 2. The van der Waals surface area contributed by atoms with Crippen molar-refractivity contribution in [1.29, 1.82) is 0 Å². The SMILES string of the molecule is COc1ccc(Oc2ccc([C@@H](C)NC(=O)C3(NC(=O)c4cncc(Cl)c4)CC3)nc2)c(C(F)(F)F)c1. The maximum absolute atomic E-state index is 13.4. The van der Waals surface area contributed by atoms with Gasteiger partial charge in [0.2, 0.25) is 5.91 Å². The van der Waals surface area contributed by atoms with Crippen molar-refractivity contribution in [3.8, 4) is 17.2 Å². The molecule has 0 aliphatic heterocycles. The van der Waals surface area contributed by atoms with E-state index in [1.807, 2.05) is 0 Å². The highest BCUT2D eigenvalue weighted by Crippen LogP contribution is 2.40. The van der Waals surface area contributed by atoms with Gasteiger partial charge in [0.15, 0.2) is 0 Å². The van der Waals surface area contributed by atoms with Gasteiger partial charge in [-0.15, -0.1) is 0 Å². The Morgan fingerprint density at radius 2 is 1.81 bits per heavy atom. The molecule has 2 aromatic heterocycles. The first-order chi connectivity index (χ1) is 17.5. The summed E-state index contributed by atoms with van der Waals surface area (Å²) in [6.07, 6.45) is 0.310. The molecule has 2 heterocycles. The second-order valence-electron chi connectivity index (χ2n) is 8.50. The Hall–Kier alpha value is -3.86. The van der Waals surface area contributed by atoms with Crippen LogP contribution in [0.1, 0.15) is 47.4 Å². The number of carbonyl (C=O) groups excluding carboxylic acids is 2. The molecule has 8 nitrogen and oxygen atoms in total. The van der Waals surface area contributed by atoms with Crippen molar-refractivity contribution in [2.75, 3.05) is 7.11 Å². The molecule has 0 spiro atoms. The lowest BCUT2D eigenvalue weighted by atomic mass is 10.1. The topological polar surface area (TPSA) is 102 Å². The van der Waals surface area contributed by atoms with Gasteiger partial charge in [0, 0.05) is 12.4 Å². The van der Waals surface area contributed by atoms with Gasteiger partial charge in [-0.3, -0.25) is 19.6 Å². The second kappa shape index (κ2) is 10.3. The summed E-state index contributed by atoms with van der Waals surface area (Å²) in [5, 5.41) is 5.86. The highest BCUT2D eigenvalue weighted by Gasteiger charge is 2.51. The minimum atomic E-state index is -4.65. The number of amides is 2. The van der Waals surface area contributed by atoms with E-state index in [9.17, 15) is 22.8 Å². The zero-order chi connectivity index (χ0) is 26.8. The number of alkyl halides is 3. The van der Waals surface area contributed by atoms with Crippen LogP contribution in [0.15, 0.2) is 55.0 Å². The molecule has 2 N–H and O–H groups in total. The van der Waals surface area contributed by atoms with E-state index in [2.05, 4.69) is 20.6 Å². The molecule has 3 aromatic rings. The number of halogens is 4. The van der Waals surface area contributed by atoms with Crippen molar-refractivity contribution in [3.05, 3.63) is 76.8 Å². The third-order valence-electron chi connectivity index (χ3n) is 5.77. The summed E-state index contributed by atoms with van der Waals surface area (Å²) < 4.78 is 50.6. The van der Waals surface area contributed by atoms with Crippen LogP contribution in [-0.4, -0.2) is 34.4 Å². The van der Waals surface area contributed by atoms with Crippen LogP contribution in [0, 0.1) is 0 Å². The molecule has 4 rings (SSSR count). The van der Waals surface area contributed by atoms with Crippen LogP contribution in [0.3, 0.4) is 0 Å². The Morgan fingerprint density at radius 1 is 1.08 bits per heavy atom. The number of rotatable bonds is 8. The van der Waals surface area contributed by atoms with Gasteiger partial charge >= 0.3 is 6.18 Å². The van der Waals surface area contributed by atoms with E-state index in [1.54, 1.807) is 6.92 Å². The lowest BCUT2D eigenvalue weighted by Gasteiger charge is -2.21. The monoisotopic (exact) mass is 534 g/mol. The van der Waals surface area contributed by atoms with Crippen molar-refractivity contribution in [3.63, 3.8) is 0 Å². The molecule has 37 heavy (non-hydrogen) atoms. The number of methoxy groups -OCH3 is 1. The lowest BCUT2D eigenvalue weighted by Crippen LogP contribution is -2.49. The van der Waals surface area contributed by atoms with Crippen molar-refractivity contribution < 1.29 is 32.2 Å². The number of nitrogens with zero attached hydrogens (tertiary/aromatic N) is 2. The third-order valence-corrected chi connectivity index (χ3v) is 5.98. The van der Waals surface area contributed by atoms with Gasteiger partial charge < -0.3 is 20.1 Å². The average Bonchev–Trinajstić information content (AvgIpc) is 3.64. The largest absolute Gasteiger partial charge is 0.497 e. The summed E-state index contributed by atoms with van der Waals surface area (Å²) in [6.45, 7) is 1.70. The highest BCUT2D eigenvalue weighted by molar-refractivity contribution is 6.30. The van der Waals surface area contributed by atoms with E-state index in [4.69, 9.17) is 21.1 Å². The molecule has 1 aromatic carbocycles. The lowest BCUT2D eigenvalue weighted by molar-refractivity contribution is -0.138. The molecule has 1 aliphatic carbocycles. The molecule has 1 atom stereocenters. The molecule has 1 fully saturated rings. The summed E-state index contributed by atoms with van der Waals surface area (Å²) in [4.78, 5) is 33.5. The summed E-state index contributed by atoms with van der Waals surface area (Å²) in [5.74, 6) is -1.11. The van der Waals surface area contributed by atoms with E-state index in [0.29, 0.717) is 23.6 Å². The van der Waals surface area contributed by atoms with Gasteiger partial charge in [-0.2, -0.15) is 13.2 Å². The number of hydrogen-bond acceptors (Lipinski definition) is 6. The van der Waals surface area contributed by atoms with Gasteiger partial charge in [-0.25, -0.2) is 0 Å². The van der Waals surface area contributed by atoms with E-state index in [0.717, 1.165) is 6.07 Å². The first kappa shape index (κ1) is 26.2. The zero-order valence-corrected chi connectivity index (χ0v) is 20.5. The normalized spacial score (nSPS) is 14.9. The Kier molecular flexibility index (Phi) is 7.26. The van der Waals surface area contributed by atoms with Crippen molar-refractivity contribution in [2.24, 2.45) is 0 Å².